The molecule has 7 heteroatoms. The van der Waals surface area contributed by atoms with Crippen molar-refractivity contribution in [1.82, 2.24) is 0 Å². The minimum absolute atomic E-state index is 0.118. The average molecular weight is 348 g/mol. The van der Waals surface area contributed by atoms with E-state index in [1.807, 2.05) is 20.8 Å². The lowest BCUT2D eigenvalue weighted by atomic mass is 9.85. The number of rotatable bonds is 3. The topological polar surface area (TPSA) is 88.1 Å². The van der Waals surface area contributed by atoms with Crippen LogP contribution in [-0.4, -0.2) is 10.0 Å². The maximum Gasteiger partial charge on any atom is 0.298 e. The van der Waals surface area contributed by atoms with E-state index in [9.17, 15) is 15.2 Å². The van der Waals surface area contributed by atoms with Crippen molar-refractivity contribution in [2.75, 3.05) is 0 Å². The van der Waals surface area contributed by atoms with Crippen LogP contribution in [0.4, 0.5) is 17.1 Å². The Hall–Kier alpha value is -2.47. The molecule has 2 rings (SSSR count). The van der Waals surface area contributed by atoms with Crippen molar-refractivity contribution in [3.05, 3.63) is 56.6 Å². The largest absolute Gasteiger partial charge is 0.507 e. The van der Waals surface area contributed by atoms with Crippen LogP contribution >= 0.6 is 11.6 Å². The number of phenolic OH excluding ortho intramolecular Hbond substituents is 1. The maximum absolute atomic E-state index is 11.1. The van der Waals surface area contributed by atoms with Crippen LogP contribution in [0.2, 0.25) is 5.02 Å². The monoisotopic (exact) mass is 347 g/mol. The lowest BCUT2D eigenvalue weighted by Gasteiger charge is -2.21. The standard InChI is InChI=1S/C17H18ClN3O3/c1-10-7-12(9-13(16(10)22)17(2,3)4)19-20-14-6-5-11(18)8-15(14)21(23)24/h5-9,22H,1-4H3. The number of phenols is 1. The van der Waals surface area contributed by atoms with Crippen LogP contribution in [0.3, 0.4) is 0 Å². The summed E-state index contributed by atoms with van der Waals surface area (Å²) in [7, 11) is 0. The fourth-order valence-electron chi connectivity index (χ4n) is 2.23. The summed E-state index contributed by atoms with van der Waals surface area (Å²) >= 11 is 5.78. The van der Waals surface area contributed by atoms with Gasteiger partial charge >= 0.3 is 0 Å². The highest BCUT2D eigenvalue weighted by molar-refractivity contribution is 6.30. The summed E-state index contributed by atoms with van der Waals surface area (Å²) in [6.07, 6.45) is 0. The highest BCUT2D eigenvalue weighted by Gasteiger charge is 2.20. The molecule has 0 fully saturated rings. The minimum atomic E-state index is -0.553. The fourth-order valence-corrected chi connectivity index (χ4v) is 2.40. The number of hydrogen-bond donors (Lipinski definition) is 1. The molecule has 2 aromatic carbocycles. The molecule has 0 radical (unpaired) electrons. The van der Waals surface area contributed by atoms with E-state index in [4.69, 9.17) is 11.6 Å². The van der Waals surface area contributed by atoms with E-state index >= 15 is 0 Å². The van der Waals surface area contributed by atoms with Crippen LogP contribution in [0.25, 0.3) is 0 Å². The molecule has 0 aliphatic rings. The van der Waals surface area contributed by atoms with Crippen molar-refractivity contribution in [1.29, 1.82) is 0 Å². The summed E-state index contributed by atoms with van der Waals surface area (Å²) in [5.41, 5.74) is 1.56. The number of hydrogen-bond acceptors (Lipinski definition) is 5. The van der Waals surface area contributed by atoms with Crippen LogP contribution < -0.4 is 0 Å². The average Bonchev–Trinajstić information content (AvgIpc) is 2.47. The molecule has 0 aliphatic carbocycles. The summed E-state index contributed by atoms with van der Waals surface area (Å²) in [6.45, 7) is 7.71. The minimum Gasteiger partial charge on any atom is -0.507 e. The molecule has 2 aromatic rings. The summed E-state index contributed by atoms with van der Waals surface area (Å²) in [5.74, 6) is 0.221. The molecule has 0 atom stereocenters. The third kappa shape index (κ3) is 3.89. The van der Waals surface area contributed by atoms with Crippen molar-refractivity contribution < 1.29 is 10.0 Å². The molecular formula is C17H18ClN3O3. The summed E-state index contributed by atoms with van der Waals surface area (Å²) in [4.78, 5) is 10.5. The van der Waals surface area contributed by atoms with Crippen molar-refractivity contribution in [2.24, 2.45) is 10.2 Å². The zero-order valence-electron chi connectivity index (χ0n) is 13.9. The van der Waals surface area contributed by atoms with Gasteiger partial charge in [-0.05, 0) is 42.2 Å². The predicted molar refractivity (Wildman–Crippen MR) is 93.8 cm³/mol. The molecule has 0 amide bonds. The third-order valence-electron chi connectivity index (χ3n) is 3.50. The van der Waals surface area contributed by atoms with Gasteiger partial charge in [0.1, 0.15) is 5.75 Å². The summed E-state index contributed by atoms with van der Waals surface area (Å²) in [6, 6.07) is 7.61. The van der Waals surface area contributed by atoms with Gasteiger partial charge in [-0.1, -0.05) is 32.4 Å². The quantitative estimate of drug-likeness (QED) is 0.421. The number of nitrogens with zero attached hydrogens (tertiary/aromatic N) is 3. The molecule has 6 nitrogen and oxygen atoms in total. The van der Waals surface area contributed by atoms with Gasteiger partial charge in [0, 0.05) is 16.7 Å². The number of aromatic hydroxyl groups is 1. The molecule has 0 bridgehead atoms. The van der Waals surface area contributed by atoms with E-state index in [0.717, 1.165) is 5.56 Å². The van der Waals surface area contributed by atoms with E-state index in [1.165, 1.54) is 18.2 Å². The second kappa shape index (κ2) is 6.57. The van der Waals surface area contributed by atoms with E-state index in [1.54, 1.807) is 19.1 Å². The van der Waals surface area contributed by atoms with Gasteiger partial charge in [-0.3, -0.25) is 10.1 Å². The number of benzene rings is 2. The zero-order chi connectivity index (χ0) is 18.1. The molecule has 0 saturated carbocycles. The molecule has 0 spiro atoms. The highest BCUT2D eigenvalue weighted by atomic mass is 35.5. The van der Waals surface area contributed by atoms with Crippen LogP contribution in [-0.2, 0) is 5.41 Å². The SMILES string of the molecule is Cc1cc(N=Nc2ccc(Cl)cc2[N+](=O)[O-])cc(C(C)(C)C)c1O. The van der Waals surface area contributed by atoms with Crippen molar-refractivity contribution in [2.45, 2.75) is 33.1 Å². The lowest BCUT2D eigenvalue weighted by Crippen LogP contribution is -2.11. The van der Waals surface area contributed by atoms with Crippen molar-refractivity contribution in [3.63, 3.8) is 0 Å². The van der Waals surface area contributed by atoms with Crippen LogP contribution in [0.5, 0.6) is 5.75 Å². The number of nitro groups is 1. The lowest BCUT2D eigenvalue weighted by molar-refractivity contribution is -0.384. The smallest absolute Gasteiger partial charge is 0.298 e. The van der Waals surface area contributed by atoms with Gasteiger partial charge in [0.15, 0.2) is 5.69 Å². The van der Waals surface area contributed by atoms with Gasteiger partial charge in [0.05, 0.1) is 10.6 Å². The van der Waals surface area contributed by atoms with Gasteiger partial charge in [0.25, 0.3) is 5.69 Å². The molecule has 0 saturated heterocycles. The van der Waals surface area contributed by atoms with Gasteiger partial charge in [-0.2, -0.15) is 5.11 Å². The fraction of sp³-hybridized carbons (Fsp3) is 0.294. The molecular weight excluding hydrogens is 330 g/mol. The Morgan fingerprint density at radius 1 is 1.17 bits per heavy atom. The predicted octanol–water partition coefficient (Wildman–Crippen LogP) is 5.98. The Morgan fingerprint density at radius 3 is 2.42 bits per heavy atom. The van der Waals surface area contributed by atoms with Crippen LogP contribution in [0, 0.1) is 17.0 Å². The van der Waals surface area contributed by atoms with E-state index < -0.39 is 4.92 Å². The normalized spacial score (nSPS) is 11.9. The number of halogens is 1. The van der Waals surface area contributed by atoms with Gasteiger partial charge in [0.2, 0.25) is 0 Å². The van der Waals surface area contributed by atoms with Crippen LogP contribution in [0.1, 0.15) is 31.9 Å². The Balaban J connectivity index is 2.47. The molecule has 24 heavy (non-hydrogen) atoms. The summed E-state index contributed by atoms with van der Waals surface area (Å²) in [5, 5.41) is 29.6. The summed E-state index contributed by atoms with van der Waals surface area (Å²) < 4.78 is 0. The molecule has 126 valence electrons. The molecule has 0 heterocycles. The second-order valence-corrected chi connectivity index (χ2v) is 6.94. The van der Waals surface area contributed by atoms with Crippen molar-refractivity contribution >= 4 is 28.7 Å². The Labute approximate surface area is 145 Å². The first-order chi connectivity index (χ1) is 11.1. The number of nitro benzene ring substituents is 1. The molecule has 0 aliphatic heterocycles. The van der Waals surface area contributed by atoms with E-state index in [-0.39, 0.29) is 27.6 Å². The van der Waals surface area contributed by atoms with Gasteiger partial charge in [-0.25, -0.2) is 0 Å². The first-order valence-corrected chi connectivity index (χ1v) is 7.67. The molecule has 0 aromatic heterocycles. The molecule has 0 unspecified atom stereocenters. The second-order valence-electron chi connectivity index (χ2n) is 6.50. The zero-order valence-corrected chi connectivity index (χ0v) is 14.6. The Bertz CT molecular complexity index is 827. The van der Waals surface area contributed by atoms with Gasteiger partial charge in [-0.15, -0.1) is 5.11 Å². The van der Waals surface area contributed by atoms with Crippen molar-refractivity contribution in [3.8, 4) is 5.75 Å². The highest BCUT2D eigenvalue weighted by Crippen LogP contribution is 2.37. The van der Waals surface area contributed by atoms with Gasteiger partial charge < -0.3 is 5.11 Å². The Kier molecular flexibility index (Phi) is 4.89. The first kappa shape index (κ1) is 17.9. The van der Waals surface area contributed by atoms with E-state index in [0.29, 0.717) is 11.3 Å². The number of aryl methyl sites for hydroxylation is 1. The molecule has 1 N–H and O–H groups in total. The van der Waals surface area contributed by atoms with E-state index in [2.05, 4.69) is 10.2 Å². The maximum atomic E-state index is 11.1. The Morgan fingerprint density at radius 2 is 1.83 bits per heavy atom. The first-order valence-electron chi connectivity index (χ1n) is 7.29. The third-order valence-corrected chi connectivity index (χ3v) is 3.74. The number of azo groups is 1. The van der Waals surface area contributed by atoms with Crippen LogP contribution in [0.15, 0.2) is 40.6 Å².